The van der Waals surface area contributed by atoms with Crippen molar-refractivity contribution in [3.05, 3.63) is 71.9 Å². The Kier molecular flexibility index (Phi) is 8.02. The summed E-state index contributed by atoms with van der Waals surface area (Å²) in [6.07, 6.45) is -3.42. The van der Waals surface area contributed by atoms with Crippen molar-refractivity contribution in [2.75, 3.05) is 54.1 Å². The number of alkyl halides is 3. The standard InChI is InChI=1S/C25H23F5N6O3/c1-39-20-7-5-15(26)13-19(20)33-23(37)32-16-6-8-21(31-14-16)35-9-11-36(12-10-35)24(38)34-22-17(25(28,29)30)3-2-4-18(22)27/h2-8,13-14H,9-12H2,1H3,(H,34,38)(H2,32,33,37). The third-order valence-electron chi connectivity index (χ3n) is 5.86. The molecule has 1 aliphatic rings. The molecule has 1 saturated heterocycles. The van der Waals surface area contributed by atoms with Crippen molar-refractivity contribution in [2.45, 2.75) is 6.18 Å². The van der Waals surface area contributed by atoms with Crippen LogP contribution < -0.4 is 25.6 Å². The van der Waals surface area contributed by atoms with Gasteiger partial charge in [-0.25, -0.2) is 23.4 Å². The number of carbonyl (C=O) groups is 2. The molecule has 0 unspecified atom stereocenters. The van der Waals surface area contributed by atoms with Gasteiger partial charge in [0.15, 0.2) is 0 Å². The van der Waals surface area contributed by atoms with E-state index in [2.05, 4.69) is 15.6 Å². The normalized spacial score (nSPS) is 13.6. The minimum Gasteiger partial charge on any atom is -0.495 e. The first-order valence-electron chi connectivity index (χ1n) is 11.6. The van der Waals surface area contributed by atoms with Crippen LogP contribution in [0.25, 0.3) is 0 Å². The second-order valence-electron chi connectivity index (χ2n) is 8.39. The maximum absolute atomic E-state index is 14.1. The lowest BCUT2D eigenvalue weighted by Gasteiger charge is -2.35. The van der Waals surface area contributed by atoms with Gasteiger partial charge in [0, 0.05) is 32.2 Å². The highest BCUT2D eigenvalue weighted by Crippen LogP contribution is 2.36. The van der Waals surface area contributed by atoms with Crippen LogP contribution in [0.4, 0.5) is 54.4 Å². The summed E-state index contributed by atoms with van der Waals surface area (Å²) >= 11 is 0. The Morgan fingerprint density at radius 1 is 0.949 bits per heavy atom. The molecule has 3 N–H and O–H groups in total. The fraction of sp³-hybridized carbons (Fsp3) is 0.240. The summed E-state index contributed by atoms with van der Waals surface area (Å²) in [5.41, 5.74) is -1.68. The molecule has 1 aliphatic heterocycles. The highest BCUT2D eigenvalue weighted by atomic mass is 19.4. The zero-order valence-corrected chi connectivity index (χ0v) is 20.5. The van der Waals surface area contributed by atoms with E-state index in [1.165, 1.54) is 30.3 Å². The Balaban J connectivity index is 1.31. The molecule has 39 heavy (non-hydrogen) atoms. The lowest BCUT2D eigenvalue weighted by atomic mass is 10.1. The number of aromatic nitrogens is 1. The molecule has 14 heteroatoms. The number of para-hydroxylation sites is 1. The van der Waals surface area contributed by atoms with Crippen LogP contribution in [0.3, 0.4) is 0 Å². The highest BCUT2D eigenvalue weighted by molar-refractivity contribution is 6.00. The van der Waals surface area contributed by atoms with Crippen LogP contribution >= 0.6 is 0 Å². The number of carbonyl (C=O) groups excluding carboxylic acids is 2. The zero-order valence-electron chi connectivity index (χ0n) is 20.5. The Labute approximate surface area is 219 Å². The average molecular weight is 550 g/mol. The summed E-state index contributed by atoms with van der Waals surface area (Å²) in [5, 5.41) is 7.12. The molecule has 1 aromatic heterocycles. The minimum atomic E-state index is -4.83. The monoisotopic (exact) mass is 550 g/mol. The number of pyridine rings is 1. The van der Waals surface area contributed by atoms with Crippen LogP contribution in [0.15, 0.2) is 54.7 Å². The molecule has 0 aliphatic carbocycles. The van der Waals surface area contributed by atoms with Gasteiger partial charge in [0.1, 0.15) is 23.2 Å². The van der Waals surface area contributed by atoms with Gasteiger partial charge in [-0.2, -0.15) is 13.2 Å². The van der Waals surface area contributed by atoms with E-state index in [4.69, 9.17) is 4.74 Å². The summed E-state index contributed by atoms with van der Waals surface area (Å²) in [5.74, 6) is -0.907. The zero-order chi connectivity index (χ0) is 28.2. The highest BCUT2D eigenvalue weighted by Gasteiger charge is 2.36. The fourth-order valence-corrected chi connectivity index (χ4v) is 3.92. The number of ether oxygens (including phenoxy) is 1. The van der Waals surface area contributed by atoms with Gasteiger partial charge in [-0.15, -0.1) is 0 Å². The molecule has 0 saturated carbocycles. The van der Waals surface area contributed by atoms with E-state index in [0.29, 0.717) is 30.7 Å². The molecule has 0 radical (unpaired) electrons. The van der Waals surface area contributed by atoms with Crippen LogP contribution in [0.2, 0.25) is 0 Å². The number of piperazine rings is 1. The van der Waals surface area contributed by atoms with E-state index in [0.717, 1.165) is 18.2 Å². The Morgan fingerprint density at radius 2 is 1.69 bits per heavy atom. The quantitative estimate of drug-likeness (QED) is 0.371. The van der Waals surface area contributed by atoms with Gasteiger partial charge in [-0.05, 0) is 36.4 Å². The largest absolute Gasteiger partial charge is 0.495 e. The van der Waals surface area contributed by atoms with Gasteiger partial charge in [0.25, 0.3) is 0 Å². The lowest BCUT2D eigenvalue weighted by molar-refractivity contribution is -0.137. The van der Waals surface area contributed by atoms with E-state index < -0.39 is 41.1 Å². The van der Waals surface area contributed by atoms with Gasteiger partial charge in [0.05, 0.1) is 35.9 Å². The molecule has 0 bridgehead atoms. The van der Waals surface area contributed by atoms with Gasteiger partial charge in [-0.3, -0.25) is 0 Å². The lowest BCUT2D eigenvalue weighted by Crippen LogP contribution is -2.50. The Bertz CT molecular complexity index is 1350. The molecule has 3 aromatic rings. The number of nitrogens with one attached hydrogen (secondary N) is 3. The molecule has 206 valence electrons. The minimum absolute atomic E-state index is 0.145. The van der Waals surface area contributed by atoms with Gasteiger partial charge < -0.3 is 30.5 Å². The third kappa shape index (κ3) is 6.64. The second kappa shape index (κ2) is 11.4. The molecular formula is C25H23F5N6O3. The number of anilines is 4. The summed E-state index contributed by atoms with van der Waals surface area (Å²) in [6.45, 7) is 0.940. The molecule has 2 heterocycles. The average Bonchev–Trinajstić information content (AvgIpc) is 2.90. The maximum atomic E-state index is 14.1. The number of hydrogen-bond acceptors (Lipinski definition) is 5. The summed E-state index contributed by atoms with van der Waals surface area (Å²) in [7, 11) is 1.39. The maximum Gasteiger partial charge on any atom is 0.418 e. The predicted octanol–water partition coefficient (Wildman–Crippen LogP) is 5.39. The molecule has 1 fully saturated rings. The van der Waals surface area contributed by atoms with Gasteiger partial charge in [0.2, 0.25) is 0 Å². The number of amides is 4. The summed E-state index contributed by atoms with van der Waals surface area (Å²) in [6, 6.07) is 7.91. The first-order chi connectivity index (χ1) is 18.5. The van der Waals surface area contributed by atoms with E-state index in [1.807, 2.05) is 10.2 Å². The van der Waals surface area contributed by atoms with Crippen molar-refractivity contribution in [2.24, 2.45) is 0 Å². The van der Waals surface area contributed by atoms with Crippen molar-refractivity contribution in [3.8, 4) is 5.75 Å². The molecular weight excluding hydrogens is 527 g/mol. The number of urea groups is 2. The molecule has 9 nitrogen and oxygen atoms in total. The Morgan fingerprint density at radius 3 is 2.33 bits per heavy atom. The van der Waals surface area contributed by atoms with Crippen LogP contribution in [0, 0.1) is 11.6 Å². The number of nitrogens with zero attached hydrogens (tertiary/aromatic N) is 3. The number of methoxy groups -OCH3 is 1. The van der Waals surface area contributed by atoms with Gasteiger partial charge >= 0.3 is 18.2 Å². The Hall–Kier alpha value is -4.62. The van der Waals surface area contributed by atoms with E-state index in [1.54, 1.807) is 12.1 Å². The number of hydrogen-bond donors (Lipinski definition) is 3. The van der Waals surface area contributed by atoms with Crippen molar-refractivity contribution >= 4 is 34.9 Å². The predicted molar refractivity (Wildman–Crippen MR) is 134 cm³/mol. The smallest absolute Gasteiger partial charge is 0.418 e. The van der Waals surface area contributed by atoms with Crippen molar-refractivity contribution < 1.29 is 36.3 Å². The first-order valence-corrected chi connectivity index (χ1v) is 11.6. The van der Waals surface area contributed by atoms with Crippen molar-refractivity contribution in [1.29, 1.82) is 0 Å². The SMILES string of the molecule is COc1ccc(F)cc1NC(=O)Nc1ccc(N2CCN(C(=O)Nc3c(F)cccc3C(F)(F)F)CC2)nc1. The fourth-order valence-electron chi connectivity index (χ4n) is 3.92. The van der Waals surface area contributed by atoms with Crippen molar-refractivity contribution in [3.63, 3.8) is 0 Å². The number of halogens is 5. The van der Waals surface area contributed by atoms with E-state index in [9.17, 15) is 31.5 Å². The molecule has 4 rings (SSSR count). The van der Waals surface area contributed by atoms with Crippen LogP contribution in [0.5, 0.6) is 5.75 Å². The van der Waals surface area contributed by atoms with Crippen molar-refractivity contribution in [1.82, 2.24) is 9.88 Å². The molecule has 0 atom stereocenters. The molecule has 4 amide bonds. The van der Waals surface area contributed by atoms with Crippen LogP contribution in [-0.2, 0) is 6.18 Å². The van der Waals surface area contributed by atoms with E-state index >= 15 is 0 Å². The topological polar surface area (TPSA) is 98.8 Å². The second-order valence-corrected chi connectivity index (χ2v) is 8.39. The van der Waals surface area contributed by atoms with Gasteiger partial charge in [-0.1, -0.05) is 6.07 Å². The summed E-state index contributed by atoms with van der Waals surface area (Å²) in [4.78, 5) is 32.3. The molecule has 2 aromatic carbocycles. The molecule has 0 spiro atoms. The van der Waals surface area contributed by atoms with E-state index in [-0.39, 0.29) is 24.5 Å². The van der Waals surface area contributed by atoms with Crippen LogP contribution in [0.1, 0.15) is 5.56 Å². The third-order valence-corrected chi connectivity index (χ3v) is 5.86. The summed E-state index contributed by atoms with van der Waals surface area (Å²) < 4.78 is 72.3. The van der Waals surface area contributed by atoms with Crippen LogP contribution in [-0.4, -0.2) is 55.2 Å². The number of rotatable bonds is 5. The first kappa shape index (κ1) is 27.4. The number of benzene rings is 2.